The molecule has 4 heteroatoms. The van der Waals surface area contributed by atoms with E-state index >= 15 is 0 Å². The molecule has 20 heavy (non-hydrogen) atoms. The minimum absolute atomic E-state index is 0.146. The third-order valence-corrected chi connectivity index (χ3v) is 4.70. The lowest BCUT2D eigenvalue weighted by Gasteiger charge is -2.27. The number of rotatable bonds is 4. The Balaban J connectivity index is 2.12. The summed E-state index contributed by atoms with van der Waals surface area (Å²) < 4.78 is 1.08. The Kier molecular flexibility index (Phi) is 5.14. The summed E-state index contributed by atoms with van der Waals surface area (Å²) in [5.74, 6) is 0. The van der Waals surface area contributed by atoms with Crippen molar-refractivity contribution in [3.05, 3.63) is 68.1 Å². The summed E-state index contributed by atoms with van der Waals surface area (Å²) in [5, 5.41) is 4.73. The summed E-state index contributed by atoms with van der Waals surface area (Å²) >= 11 is 15.7. The van der Waals surface area contributed by atoms with E-state index < -0.39 is 0 Å². The Morgan fingerprint density at radius 2 is 1.70 bits per heavy atom. The van der Waals surface area contributed by atoms with Crippen molar-refractivity contribution in [3.8, 4) is 0 Å². The highest BCUT2D eigenvalue weighted by molar-refractivity contribution is 9.10. The van der Waals surface area contributed by atoms with Gasteiger partial charge in [0.05, 0.1) is 10.0 Å². The van der Waals surface area contributed by atoms with E-state index in [1.807, 2.05) is 24.3 Å². The van der Waals surface area contributed by atoms with Crippen molar-refractivity contribution < 1.29 is 0 Å². The molecule has 0 amide bonds. The lowest BCUT2D eigenvalue weighted by atomic mass is 9.94. The number of hydrogen-bond donors (Lipinski definition) is 1. The molecule has 0 atom stereocenters. The van der Waals surface area contributed by atoms with Gasteiger partial charge in [-0.05, 0) is 43.2 Å². The predicted molar refractivity (Wildman–Crippen MR) is 90.5 cm³/mol. The molecule has 2 aromatic carbocycles. The molecular formula is C16H16BrCl2N. The summed E-state index contributed by atoms with van der Waals surface area (Å²) in [4.78, 5) is 0. The fourth-order valence-electron chi connectivity index (χ4n) is 1.97. The van der Waals surface area contributed by atoms with Crippen LogP contribution in [0.15, 0.2) is 46.9 Å². The predicted octanol–water partition coefficient (Wildman–Crippen LogP) is 5.78. The zero-order valence-electron chi connectivity index (χ0n) is 11.4. The molecule has 0 aliphatic rings. The Hall–Kier alpha value is -0.540. The average Bonchev–Trinajstić information content (AvgIpc) is 2.41. The smallest absolute Gasteiger partial charge is 0.0637 e. The van der Waals surface area contributed by atoms with Crippen molar-refractivity contribution in [2.75, 3.05) is 0 Å². The monoisotopic (exact) mass is 371 g/mol. The Morgan fingerprint density at radius 3 is 2.35 bits per heavy atom. The first kappa shape index (κ1) is 15.8. The maximum Gasteiger partial charge on any atom is 0.0637 e. The third-order valence-electron chi connectivity index (χ3n) is 3.32. The van der Waals surface area contributed by atoms with Crippen LogP contribution in [-0.2, 0) is 12.1 Å². The summed E-state index contributed by atoms with van der Waals surface area (Å²) in [5.41, 5.74) is 2.08. The molecule has 0 radical (unpaired) electrons. The highest BCUT2D eigenvalue weighted by Gasteiger charge is 2.20. The summed E-state index contributed by atoms with van der Waals surface area (Å²) in [6, 6.07) is 14.0. The molecule has 0 heterocycles. The van der Waals surface area contributed by atoms with Crippen LogP contribution in [0.1, 0.15) is 25.0 Å². The molecule has 0 saturated heterocycles. The van der Waals surface area contributed by atoms with Crippen molar-refractivity contribution in [1.82, 2.24) is 5.32 Å². The quantitative estimate of drug-likeness (QED) is 0.717. The lowest BCUT2D eigenvalue weighted by molar-refractivity contribution is 0.401. The summed E-state index contributed by atoms with van der Waals surface area (Å²) in [6.07, 6.45) is 0. The van der Waals surface area contributed by atoms with Crippen LogP contribution in [0.3, 0.4) is 0 Å². The SMILES string of the molecule is CC(C)(NCc1cccc(Cl)c1Cl)c1ccc(Br)cc1. The number of hydrogen-bond acceptors (Lipinski definition) is 1. The standard InChI is InChI=1S/C16H16BrCl2N/c1-16(2,12-6-8-13(17)9-7-12)20-10-11-4-3-5-14(18)15(11)19/h3-9,20H,10H2,1-2H3. The molecule has 0 fully saturated rings. The average molecular weight is 373 g/mol. The van der Waals surface area contributed by atoms with Crippen LogP contribution in [0.25, 0.3) is 0 Å². The molecule has 0 aliphatic heterocycles. The van der Waals surface area contributed by atoms with Crippen LogP contribution in [-0.4, -0.2) is 0 Å². The molecular weight excluding hydrogens is 357 g/mol. The van der Waals surface area contributed by atoms with E-state index in [1.165, 1.54) is 5.56 Å². The summed E-state index contributed by atoms with van der Waals surface area (Å²) in [7, 11) is 0. The Labute approximate surface area is 138 Å². The number of halogens is 3. The van der Waals surface area contributed by atoms with Crippen molar-refractivity contribution >= 4 is 39.1 Å². The van der Waals surface area contributed by atoms with Crippen LogP contribution >= 0.6 is 39.1 Å². The van der Waals surface area contributed by atoms with Gasteiger partial charge in [0.2, 0.25) is 0 Å². The molecule has 0 bridgehead atoms. The molecule has 2 aromatic rings. The number of benzene rings is 2. The van der Waals surface area contributed by atoms with Crippen molar-refractivity contribution in [3.63, 3.8) is 0 Å². The molecule has 1 nitrogen and oxygen atoms in total. The van der Waals surface area contributed by atoms with Gasteiger partial charge >= 0.3 is 0 Å². The molecule has 0 aliphatic carbocycles. The first-order chi connectivity index (χ1) is 9.40. The largest absolute Gasteiger partial charge is 0.304 e. The maximum absolute atomic E-state index is 6.21. The van der Waals surface area contributed by atoms with E-state index in [4.69, 9.17) is 23.2 Å². The second-order valence-electron chi connectivity index (χ2n) is 5.20. The normalized spacial score (nSPS) is 11.7. The number of nitrogens with one attached hydrogen (secondary N) is 1. The van der Waals surface area contributed by atoms with E-state index in [9.17, 15) is 0 Å². The van der Waals surface area contributed by atoms with Crippen LogP contribution in [0.5, 0.6) is 0 Å². The molecule has 0 spiro atoms. The fraction of sp³-hybridized carbons (Fsp3) is 0.250. The van der Waals surface area contributed by atoms with Crippen LogP contribution < -0.4 is 5.32 Å². The lowest BCUT2D eigenvalue weighted by Crippen LogP contribution is -2.36. The van der Waals surface area contributed by atoms with Gasteiger partial charge in [-0.2, -0.15) is 0 Å². The molecule has 0 saturated carbocycles. The summed E-state index contributed by atoms with van der Waals surface area (Å²) in [6.45, 7) is 4.96. The van der Waals surface area contributed by atoms with Gasteiger partial charge < -0.3 is 5.32 Å². The van der Waals surface area contributed by atoms with Gasteiger partial charge in [-0.25, -0.2) is 0 Å². The molecule has 2 rings (SSSR count). The minimum Gasteiger partial charge on any atom is -0.304 e. The van der Waals surface area contributed by atoms with Gasteiger partial charge in [0.1, 0.15) is 0 Å². The van der Waals surface area contributed by atoms with Gasteiger partial charge in [0, 0.05) is 16.6 Å². The van der Waals surface area contributed by atoms with E-state index in [0.717, 1.165) is 10.0 Å². The van der Waals surface area contributed by atoms with Gasteiger partial charge in [-0.15, -0.1) is 0 Å². The highest BCUT2D eigenvalue weighted by atomic mass is 79.9. The Bertz CT molecular complexity index is 594. The van der Waals surface area contributed by atoms with E-state index in [0.29, 0.717) is 16.6 Å². The van der Waals surface area contributed by atoms with Crippen molar-refractivity contribution in [2.45, 2.75) is 25.9 Å². The van der Waals surface area contributed by atoms with Gasteiger partial charge in [-0.3, -0.25) is 0 Å². The van der Waals surface area contributed by atoms with Crippen molar-refractivity contribution in [1.29, 1.82) is 0 Å². The van der Waals surface area contributed by atoms with E-state index in [1.54, 1.807) is 6.07 Å². The van der Waals surface area contributed by atoms with Crippen LogP contribution in [0.4, 0.5) is 0 Å². The second kappa shape index (κ2) is 6.48. The van der Waals surface area contributed by atoms with E-state index in [-0.39, 0.29) is 5.54 Å². The third kappa shape index (κ3) is 3.76. The second-order valence-corrected chi connectivity index (χ2v) is 6.90. The molecule has 106 valence electrons. The topological polar surface area (TPSA) is 12.0 Å². The van der Waals surface area contributed by atoms with Crippen LogP contribution in [0.2, 0.25) is 10.0 Å². The van der Waals surface area contributed by atoms with Gasteiger partial charge in [0.15, 0.2) is 0 Å². The van der Waals surface area contributed by atoms with Crippen LogP contribution in [0, 0.1) is 0 Å². The molecule has 0 unspecified atom stereocenters. The minimum atomic E-state index is -0.146. The first-order valence-corrected chi connectivity index (χ1v) is 7.89. The van der Waals surface area contributed by atoms with Crippen molar-refractivity contribution in [2.24, 2.45) is 0 Å². The van der Waals surface area contributed by atoms with Gasteiger partial charge in [0.25, 0.3) is 0 Å². The Morgan fingerprint density at radius 1 is 1.05 bits per heavy atom. The molecule has 1 N–H and O–H groups in total. The highest BCUT2D eigenvalue weighted by Crippen LogP contribution is 2.27. The maximum atomic E-state index is 6.21. The molecule has 0 aromatic heterocycles. The first-order valence-electron chi connectivity index (χ1n) is 6.34. The zero-order chi connectivity index (χ0) is 14.8. The fourth-order valence-corrected chi connectivity index (χ4v) is 2.62. The zero-order valence-corrected chi connectivity index (χ0v) is 14.5. The van der Waals surface area contributed by atoms with E-state index in [2.05, 4.69) is 47.2 Å². The van der Waals surface area contributed by atoms with Gasteiger partial charge in [-0.1, -0.05) is 63.4 Å².